The molecule has 196 valence electrons. The first-order valence-electron chi connectivity index (χ1n) is 10.9. The molecule has 1 N–H and O–H groups in total. The lowest BCUT2D eigenvalue weighted by atomic mass is 10.1. The second-order valence-corrected chi connectivity index (χ2v) is 11.5. The van der Waals surface area contributed by atoms with Crippen LogP contribution in [0, 0.1) is 0 Å². The van der Waals surface area contributed by atoms with Gasteiger partial charge in [0, 0.05) is 34.2 Å². The van der Waals surface area contributed by atoms with E-state index in [1.165, 1.54) is 49.2 Å². The van der Waals surface area contributed by atoms with Crippen LogP contribution < -0.4 is 9.62 Å². The molecule has 0 saturated carbocycles. The third kappa shape index (κ3) is 6.69. The highest BCUT2D eigenvalue weighted by atomic mass is 35.5. The van der Waals surface area contributed by atoms with Crippen molar-refractivity contribution in [3.8, 4) is 0 Å². The number of carbonyl (C=O) groups is 2. The molecule has 0 spiro atoms. The molecule has 0 saturated heterocycles. The molecule has 12 heteroatoms. The second kappa shape index (κ2) is 12.4. The quantitative estimate of drug-likeness (QED) is 0.342. The number of carbonyl (C=O) groups excluding carboxylic acids is 2. The van der Waals surface area contributed by atoms with E-state index in [0.717, 1.165) is 4.31 Å². The number of sulfonamides is 1. The predicted molar refractivity (Wildman–Crippen MR) is 148 cm³/mol. The largest absolute Gasteiger partial charge is 0.357 e. The number of nitrogens with zero attached hydrogens (tertiary/aromatic N) is 2. The molecule has 0 aromatic heterocycles. The van der Waals surface area contributed by atoms with Crippen LogP contribution in [0.2, 0.25) is 20.1 Å². The Kier molecular flexibility index (Phi) is 9.72. The average Bonchev–Trinajstić information content (AvgIpc) is 2.87. The molecule has 1 atom stereocenters. The SMILES string of the molecule is CNC(=O)[C@@H](C)N(Cc1c(Cl)cccc1Cl)C(=O)CN(c1ccc(Cl)cc1Cl)S(=O)(=O)c1ccccc1. The fourth-order valence-electron chi connectivity index (χ4n) is 3.56. The Morgan fingerprint density at radius 1 is 0.892 bits per heavy atom. The molecule has 0 aliphatic rings. The van der Waals surface area contributed by atoms with Gasteiger partial charge in [0.2, 0.25) is 11.8 Å². The molecule has 3 aromatic carbocycles. The summed E-state index contributed by atoms with van der Waals surface area (Å²) in [6, 6.07) is 15.8. The number of rotatable bonds is 9. The summed E-state index contributed by atoms with van der Waals surface area (Å²) < 4.78 is 28.3. The Morgan fingerprint density at radius 3 is 2.08 bits per heavy atom. The monoisotopic (exact) mass is 601 g/mol. The van der Waals surface area contributed by atoms with E-state index in [-0.39, 0.29) is 22.2 Å². The topological polar surface area (TPSA) is 86.8 Å². The van der Waals surface area contributed by atoms with E-state index in [0.29, 0.717) is 20.6 Å². The van der Waals surface area contributed by atoms with Crippen LogP contribution in [-0.4, -0.2) is 44.8 Å². The van der Waals surface area contributed by atoms with Crippen LogP contribution in [0.3, 0.4) is 0 Å². The van der Waals surface area contributed by atoms with Gasteiger partial charge in [0.05, 0.1) is 15.6 Å². The maximum Gasteiger partial charge on any atom is 0.264 e. The molecule has 0 aliphatic carbocycles. The molecular weight excluding hydrogens is 580 g/mol. The molecule has 0 aliphatic heterocycles. The lowest BCUT2D eigenvalue weighted by molar-refractivity contribution is -0.139. The smallest absolute Gasteiger partial charge is 0.264 e. The van der Waals surface area contributed by atoms with Crippen molar-refractivity contribution < 1.29 is 18.0 Å². The summed E-state index contributed by atoms with van der Waals surface area (Å²) in [5.41, 5.74) is 0.462. The van der Waals surface area contributed by atoms with Crippen molar-refractivity contribution in [1.29, 1.82) is 0 Å². The number of halogens is 4. The van der Waals surface area contributed by atoms with E-state index in [1.54, 1.807) is 36.4 Å². The molecule has 0 radical (unpaired) electrons. The van der Waals surface area contributed by atoms with E-state index in [4.69, 9.17) is 46.4 Å². The van der Waals surface area contributed by atoms with Crippen molar-refractivity contribution in [2.45, 2.75) is 24.4 Å². The van der Waals surface area contributed by atoms with E-state index >= 15 is 0 Å². The van der Waals surface area contributed by atoms with E-state index < -0.39 is 34.4 Å². The fraction of sp³-hybridized carbons (Fsp3) is 0.200. The zero-order valence-electron chi connectivity index (χ0n) is 19.8. The molecule has 3 aromatic rings. The van der Waals surface area contributed by atoms with Crippen LogP contribution in [0.4, 0.5) is 5.69 Å². The number of hydrogen-bond donors (Lipinski definition) is 1. The maximum atomic E-state index is 13.8. The fourth-order valence-corrected chi connectivity index (χ4v) is 6.09. The Labute approximate surface area is 235 Å². The number of nitrogens with one attached hydrogen (secondary N) is 1. The molecule has 7 nitrogen and oxygen atoms in total. The Balaban J connectivity index is 2.09. The minimum Gasteiger partial charge on any atom is -0.357 e. The van der Waals surface area contributed by atoms with Crippen LogP contribution in [0.5, 0.6) is 0 Å². The third-order valence-corrected chi connectivity index (χ3v) is 8.61. The molecule has 3 rings (SSSR count). The first kappa shape index (κ1) is 29.1. The van der Waals surface area contributed by atoms with E-state index in [9.17, 15) is 18.0 Å². The van der Waals surface area contributed by atoms with Gasteiger partial charge in [0.25, 0.3) is 10.0 Å². The van der Waals surface area contributed by atoms with Gasteiger partial charge in [-0.05, 0) is 49.4 Å². The number of anilines is 1. The van der Waals surface area contributed by atoms with Gasteiger partial charge in [-0.2, -0.15) is 0 Å². The van der Waals surface area contributed by atoms with Crippen LogP contribution in [0.1, 0.15) is 12.5 Å². The normalized spacial score (nSPS) is 12.1. The summed E-state index contributed by atoms with van der Waals surface area (Å²) in [6.07, 6.45) is 0. The highest BCUT2D eigenvalue weighted by Crippen LogP contribution is 2.33. The van der Waals surface area contributed by atoms with E-state index in [1.807, 2.05) is 0 Å². The van der Waals surface area contributed by atoms with Gasteiger partial charge >= 0.3 is 0 Å². The van der Waals surface area contributed by atoms with Gasteiger partial charge in [0.1, 0.15) is 12.6 Å². The molecule has 37 heavy (non-hydrogen) atoms. The van der Waals surface area contributed by atoms with Gasteiger partial charge in [-0.3, -0.25) is 13.9 Å². The Bertz CT molecular complexity index is 1380. The number of benzene rings is 3. The summed E-state index contributed by atoms with van der Waals surface area (Å²) >= 11 is 25.1. The summed E-state index contributed by atoms with van der Waals surface area (Å²) in [6.45, 7) is 0.717. The van der Waals surface area contributed by atoms with Crippen LogP contribution in [0.25, 0.3) is 0 Å². The van der Waals surface area contributed by atoms with Crippen molar-refractivity contribution in [2.24, 2.45) is 0 Å². The van der Waals surface area contributed by atoms with Crippen molar-refractivity contribution in [2.75, 3.05) is 17.9 Å². The van der Waals surface area contributed by atoms with Gasteiger partial charge in [-0.1, -0.05) is 70.7 Å². The van der Waals surface area contributed by atoms with Gasteiger partial charge in [0.15, 0.2) is 0 Å². The van der Waals surface area contributed by atoms with Crippen LogP contribution in [0.15, 0.2) is 71.6 Å². The number of hydrogen-bond acceptors (Lipinski definition) is 4. The Morgan fingerprint density at radius 2 is 1.51 bits per heavy atom. The highest BCUT2D eigenvalue weighted by molar-refractivity contribution is 7.92. The van der Waals surface area contributed by atoms with Crippen molar-refractivity contribution >= 4 is 73.9 Å². The summed E-state index contributed by atoms with van der Waals surface area (Å²) in [5, 5.41) is 3.42. The molecule has 2 amide bonds. The molecule has 0 unspecified atom stereocenters. The van der Waals surface area contributed by atoms with Gasteiger partial charge < -0.3 is 10.2 Å². The van der Waals surface area contributed by atoms with Gasteiger partial charge in [-0.25, -0.2) is 8.42 Å². The lowest BCUT2D eigenvalue weighted by Crippen LogP contribution is -2.50. The maximum absolute atomic E-state index is 13.8. The predicted octanol–water partition coefficient (Wildman–Crippen LogP) is 5.66. The minimum absolute atomic E-state index is 0.0276. The second-order valence-electron chi connectivity index (χ2n) is 7.93. The first-order chi connectivity index (χ1) is 17.5. The summed E-state index contributed by atoms with van der Waals surface area (Å²) in [7, 11) is -2.82. The van der Waals surface area contributed by atoms with Crippen LogP contribution >= 0.6 is 46.4 Å². The lowest BCUT2D eigenvalue weighted by Gasteiger charge is -2.32. The van der Waals surface area contributed by atoms with Crippen molar-refractivity contribution in [1.82, 2.24) is 10.2 Å². The third-order valence-electron chi connectivity index (χ3n) is 5.59. The molecule has 0 fully saturated rings. The molecule has 0 bridgehead atoms. The molecule has 0 heterocycles. The number of amides is 2. The zero-order valence-corrected chi connectivity index (χ0v) is 23.6. The van der Waals surface area contributed by atoms with Crippen molar-refractivity contribution in [3.63, 3.8) is 0 Å². The average molecular weight is 603 g/mol. The number of likely N-dealkylation sites (N-methyl/N-ethyl adjacent to an activating group) is 1. The summed E-state index contributed by atoms with van der Waals surface area (Å²) in [4.78, 5) is 27.5. The standard InChI is InChI=1S/C25H23Cl4N3O4S/c1-16(25(34)30-2)31(14-19-20(27)9-6-10-21(19)28)24(33)15-32(23-12-11-17(26)13-22(23)29)37(35,36)18-7-4-3-5-8-18/h3-13,16H,14-15H2,1-2H3,(H,30,34)/t16-/m1/s1. The van der Waals surface area contributed by atoms with Crippen LogP contribution in [-0.2, 0) is 26.2 Å². The highest BCUT2D eigenvalue weighted by Gasteiger charge is 2.33. The van der Waals surface area contributed by atoms with E-state index in [2.05, 4.69) is 5.32 Å². The minimum atomic E-state index is -4.25. The zero-order chi connectivity index (χ0) is 27.3. The first-order valence-corrected chi connectivity index (χ1v) is 13.9. The van der Waals surface area contributed by atoms with Crippen molar-refractivity contribution in [3.05, 3.63) is 92.4 Å². The van der Waals surface area contributed by atoms with Gasteiger partial charge in [-0.15, -0.1) is 0 Å². The Hall–Kier alpha value is -2.49. The summed E-state index contributed by atoms with van der Waals surface area (Å²) in [5.74, 6) is -1.14. The molecular formula is C25H23Cl4N3O4S.